The molecule has 2 atom stereocenters. The first-order valence-electron chi connectivity index (χ1n) is 7.78. The molecule has 0 spiro atoms. The lowest BCUT2D eigenvalue weighted by atomic mass is 10.1. The first-order chi connectivity index (χ1) is 10.5. The van der Waals surface area contributed by atoms with Crippen LogP contribution in [0.4, 0.5) is 0 Å². The van der Waals surface area contributed by atoms with Gasteiger partial charge >= 0.3 is 5.97 Å². The predicted molar refractivity (Wildman–Crippen MR) is 85.0 cm³/mol. The number of benzene rings is 1. The number of carboxylic acid groups (broad SMARTS) is 1. The Bertz CT molecular complexity index is 527. The highest BCUT2D eigenvalue weighted by atomic mass is 16.4. The summed E-state index contributed by atoms with van der Waals surface area (Å²) in [5.41, 5.74) is 1.25. The Balaban J connectivity index is 1.72. The molecular weight excluding hydrogens is 280 g/mol. The molecule has 0 bridgehead atoms. The second-order valence-corrected chi connectivity index (χ2v) is 6.05. The Labute approximate surface area is 131 Å². The number of aromatic carboxylic acids is 1. The molecule has 2 rings (SSSR count). The normalized spacial score (nSPS) is 21.7. The van der Waals surface area contributed by atoms with Crippen molar-refractivity contribution in [1.29, 1.82) is 0 Å². The van der Waals surface area contributed by atoms with Crippen molar-refractivity contribution in [3.63, 3.8) is 0 Å². The number of carboxylic acids is 1. The van der Waals surface area contributed by atoms with E-state index in [9.17, 15) is 9.59 Å². The quantitative estimate of drug-likeness (QED) is 0.842. The van der Waals surface area contributed by atoms with E-state index in [2.05, 4.69) is 24.2 Å². The van der Waals surface area contributed by atoms with Crippen molar-refractivity contribution in [2.75, 3.05) is 13.6 Å². The predicted octanol–water partition coefficient (Wildman–Crippen LogP) is 1.92. The molecule has 0 aliphatic carbocycles. The second kappa shape index (κ2) is 7.40. The average Bonchev–Trinajstić information content (AvgIpc) is 2.83. The summed E-state index contributed by atoms with van der Waals surface area (Å²) in [6.07, 6.45) is 3.38. The molecular formula is C17H24N2O3. The first kappa shape index (κ1) is 16.5. The highest BCUT2D eigenvalue weighted by Crippen LogP contribution is 2.20. The summed E-state index contributed by atoms with van der Waals surface area (Å²) in [5.74, 6) is -0.880. The van der Waals surface area contributed by atoms with Crippen molar-refractivity contribution in [2.24, 2.45) is 0 Å². The number of nitrogens with one attached hydrogen (secondary N) is 1. The van der Waals surface area contributed by atoms with E-state index in [0.717, 1.165) is 12.0 Å². The molecule has 0 aromatic heterocycles. The van der Waals surface area contributed by atoms with Crippen LogP contribution in [0.5, 0.6) is 0 Å². The molecule has 1 aliphatic rings. The Morgan fingerprint density at radius 3 is 2.50 bits per heavy atom. The summed E-state index contributed by atoms with van der Waals surface area (Å²) < 4.78 is 0. The maximum Gasteiger partial charge on any atom is 0.335 e. The number of aryl methyl sites for hydroxylation is 1. The molecule has 0 unspecified atom stereocenters. The molecule has 1 fully saturated rings. The van der Waals surface area contributed by atoms with Crippen molar-refractivity contribution >= 4 is 11.9 Å². The lowest BCUT2D eigenvalue weighted by Gasteiger charge is -2.23. The fraction of sp³-hybridized carbons (Fsp3) is 0.529. The highest BCUT2D eigenvalue weighted by Gasteiger charge is 2.27. The molecule has 1 heterocycles. The standard InChI is InChI=1S/C17H24N2O3/c1-12-3-9-15(19(12)2)11-18-16(20)10-6-13-4-7-14(8-5-13)17(21)22/h4-5,7-8,12,15H,3,6,9-11H2,1-2H3,(H,18,20)(H,21,22)/t12-,15-/m0/s1. The van der Waals surface area contributed by atoms with E-state index in [4.69, 9.17) is 5.11 Å². The van der Waals surface area contributed by atoms with Gasteiger partial charge in [-0.1, -0.05) is 12.1 Å². The fourth-order valence-corrected chi connectivity index (χ4v) is 2.84. The SMILES string of the molecule is C[C@H]1CC[C@@H](CNC(=O)CCc2ccc(C(=O)O)cc2)N1C. The van der Waals surface area contributed by atoms with Crippen LogP contribution in [-0.4, -0.2) is 47.6 Å². The van der Waals surface area contributed by atoms with Crippen LogP contribution < -0.4 is 5.32 Å². The minimum Gasteiger partial charge on any atom is -0.478 e. The van der Waals surface area contributed by atoms with Crippen LogP contribution in [-0.2, 0) is 11.2 Å². The summed E-state index contributed by atoms with van der Waals surface area (Å²) in [6.45, 7) is 2.92. The summed E-state index contributed by atoms with van der Waals surface area (Å²) in [4.78, 5) is 25.0. The van der Waals surface area contributed by atoms with Gasteiger partial charge < -0.3 is 10.4 Å². The van der Waals surface area contributed by atoms with E-state index in [-0.39, 0.29) is 11.5 Å². The number of hydrogen-bond donors (Lipinski definition) is 2. The Kier molecular flexibility index (Phi) is 5.55. The molecule has 5 nitrogen and oxygen atoms in total. The first-order valence-corrected chi connectivity index (χ1v) is 7.78. The number of nitrogens with zero attached hydrogens (tertiary/aromatic N) is 1. The van der Waals surface area contributed by atoms with Crippen LogP contribution in [0.3, 0.4) is 0 Å². The van der Waals surface area contributed by atoms with E-state index in [1.165, 1.54) is 6.42 Å². The minimum atomic E-state index is -0.931. The topological polar surface area (TPSA) is 69.6 Å². The smallest absolute Gasteiger partial charge is 0.335 e. The van der Waals surface area contributed by atoms with Crippen LogP contribution in [0.2, 0.25) is 0 Å². The molecule has 1 aliphatic heterocycles. The van der Waals surface area contributed by atoms with Gasteiger partial charge in [0.2, 0.25) is 5.91 Å². The van der Waals surface area contributed by atoms with Gasteiger partial charge in [0.05, 0.1) is 5.56 Å². The van der Waals surface area contributed by atoms with Crippen LogP contribution in [0.25, 0.3) is 0 Å². The van der Waals surface area contributed by atoms with Crippen molar-refractivity contribution in [3.05, 3.63) is 35.4 Å². The van der Waals surface area contributed by atoms with Crippen molar-refractivity contribution in [1.82, 2.24) is 10.2 Å². The number of likely N-dealkylation sites (N-methyl/N-ethyl adjacent to an activating group) is 1. The number of carbonyl (C=O) groups excluding carboxylic acids is 1. The van der Waals surface area contributed by atoms with Gasteiger partial charge in [0.1, 0.15) is 0 Å². The molecule has 1 aromatic rings. The zero-order chi connectivity index (χ0) is 16.1. The van der Waals surface area contributed by atoms with Crippen LogP contribution in [0.15, 0.2) is 24.3 Å². The summed E-state index contributed by atoms with van der Waals surface area (Å²) in [5, 5.41) is 11.8. The van der Waals surface area contributed by atoms with Gasteiger partial charge in [-0.3, -0.25) is 9.69 Å². The molecule has 120 valence electrons. The largest absolute Gasteiger partial charge is 0.478 e. The second-order valence-electron chi connectivity index (χ2n) is 6.05. The highest BCUT2D eigenvalue weighted by molar-refractivity contribution is 5.87. The van der Waals surface area contributed by atoms with Crippen molar-refractivity contribution in [2.45, 2.75) is 44.7 Å². The summed E-state index contributed by atoms with van der Waals surface area (Å²) in [6, 6.07) is 7.71. The van der Waals surface area contributed by atoms with Gasteiger partial charge in [0.15, 0.2) is 0 Å². The van der Waals surface area contributed by atoms with Crippen molar-refractivity contribution in [3.8, 4) is 0 Å². The third-order valence-corrected chi connectivity index (χ3v) is 4.57. The number of amides is 1. The molecule has 1 saturated heterocycles. The maximum atomic E-state index is 11.9. The van der Waals surface area contributed by atoms with Crippen molar-refractivity contribution < 1.29 is 14.7 Å². The minimum absolute atomic E-state index is 0.0512. The molecule has 0 saturated carbocycles. The number of rotatable bonds is 6. The van der Waals surface area contributed by atoms with Crippen LogP contribution in [0, 0.1) is 0 Å². The summed E-state index contributed by atoms with van der Waals surface area (Å²) >= 11 is 0. The van der Waals surface area contributed by atoms with Gasteiger partial charge in [-0.25, -0.2) is 4.79 Å². The Hall–Kier alpha value is -1.88. The average molecular weight is 304 g/mol. The van der Waals surface area contributed by atoms with Crippen LogP contribution >= 0.6 is 0 Å². The van der Waals surface area contributed by atoms with Gasteiger partial charge in [-0.15, -0.1) is 0 Å². The zero-order valence-corrected chi connectivity index (χ0v) is 13.2. The molecule has 1 amide bonds. The number of carbonyl (C=O) groups is 2. The molecule has 0 radical (unpaired) electrons. The Morgan fingerprint density at radius 2 is 1.95 bits per heavy atom. The van der Waals surface area contributed by atoms with E-state index in [0.29, 0.717) is 31.5 Å². The zero-order valence-electron chi connectivity index (χ0n) is 13.2. The van der Waals surface area contributed by atoms with Gasteiger partial charge in [-0.05, 0) is 50.9 Å². The third kappa shape index (κ3) is 4.31. The monoisotopic (exact) mass is 304 g/mol. The molecule has 5 heteroatoms. The van der Waals surface area contributed by atoms with E-state index in [1.807, 2.05) is 0 Å². The fourth-order valence-electron chi connectivity index (χ4n) is 2.84. The lowest BCUT2D eigenvalue weighted by Crippen LogP contribution is -2.40. The van der Waals surface area contributed by atoms with E-state index in [1.54, 1.807) is 24.3 Å². The van der Waals surface area contributed by atoms with Gasteiger partial charge in [-0.2, -0.15) is 0 Å². The molecule has 22 heavy (non-hydrogen) atoms. The van der Waals surface area contributed by atoms with Gasteiger partial charge in [0.25, 0.3) is 0 Å². The molecule has 2 N–H and O–H groups in total. The summed E-state index contributed by atoms with van der Waals surface area (Å²) in [7, 11) is 2.11. The Morgan fingerprint density at radius 1 is 1.27 bits per heavy atom. The van der Waals surface area contributed by atoms with Crippen LogP contribution in [0.1, 0.15) is 42.1 Å². The number of likely N-dealkylation sites (tertiary alicyclic amines) is 1. The maximum absolute atomic E-state index is 11.9. The molecule has 1 aromatic carbocycles. The van der Waals surface area contributed by atoms with E-state index >= 15 is 0 Å². The third-order valence-electron chi connectivity index (χ3n) is 4.57. The lowest BCUT2D eigenvalue weighted by molar-refractivity contribution is -0.121. The van der Waals surface area contributed by atoms with Gasteiger partial charge in [0, 0.05) is 25.0 Å². The number of hydrogen-bond acceptors (Lipinski definition) is 3. The van der Waals surface area contributed by atoms with E-state index < -0.39 is 5.97 Å².